The number of benzene rings is 1. The summed E-state index contributed by atoms with van der Waals surface area (Å²) in [4.78, 5) is 22.7. The Morgan fingerprint density at radius 3 is 2.81 bits per heavy atom. The number of carbonyl (C=O) groups excluding carboxylic acids is 1. The number of amides is 1. The highest BCUT2D eigenvalue weighted by atomic mass is 79.9. The van der Waals surface area contributed by atoms with Gasteiger partial charge in [0.05, 0.1) is 15.6 Å². The molecule has 0 aliphatic heterocycles. The predicted molar refractivity (Wildman–Crippen MR) is 81.0 cm³/mol. The molecule has 0 bridgehead atoms. The fourth-order valence-electron chi connectivity index (χ4n) is 1.93. The molecule has 0 spiro atoms. The molecule has 0 aliphatic carbocycles. The van der Waals surface area contributed by atoms with Crippen molar-refractivity contribution in [3.8, 4) is 0 Å². The SMILES string of the molecule is CCC(C(=O)Nc1ccccc1[N+](=O)[O-])n1cc(Br)cn1. The maximum absolute atomic E-state index is 12.3. The average molecular weight is 353 g/mol. The van der Waals surface area contributed by atoms with Gasteiger partial charge in [-0.1, -0.05) is 19.1 Å². The van der Waals surface area contributed by atoms with Crippen LogP contribution in [0.15, 0.2) is 41.1 Å². The lowest BCUT2D eigenvalue weighted by atomic mass is 10.2. The Hall–Kier alpha value is -2.22. The number of anilines is 1. The van der Waals surface area contributed by atoms with Crippen molar-refractivity contribution in [3.05, 3.63) is 51.2 Å². The van der Waals surface area contributed by atoms with Crippen molar-refractivity contribution in [1.29, 1.82) is 0 Å². The van der Waals surface area contributed by atoms with E-state index in [4.69, 9.17) is 0 Å². The summed E-state index contributed by atoms with van der Waals surface area (Å²) < 4.78 is 2.29. The lowest BCUT2D eigenvalue weighted by Gasteiger charge is -2.15. The summed E-state index contributed by atoms with van der Waals surface area (Å²) in [6, 6.07) is 5.50. The van der Waals surface area contributed by atoms with Crippen molar-refractivity contribution in [2.24, 2.45) is 0 Å². The van der Waals surface area contributed by atoms with Gasteiger partial charge in [0.1, 0.15) is 11.7 Å². The molecule has 8 heteroatoms. The predicted octanol–water partition coefficient (Wildman–Crippen LogP) is 3.14. The lowest BCUT2D eigenvalue weighted by Crippen LogP contribution is -2.26. The molecule has 2 rings (SSSR count). The molecule has 1 N–H and O–H groups in total. The van der Waals surface area contributed by atoms with Crippen molar-refractivity contribution in [3.63, 3.8) is 0 Å². The van der Waals surface area contributed by atoms with Gasteiger partial charge in [0.25, 0.3) is 5.69 Å². The summed E-state index contributed by atoms with van der Waals surface area (Å²) >= 11 is 3.27. The van der Waals surface area contributed by atoms with E-state index >= 15 is 0 Å². The van der Waals surface area contributed by atoms with E-state index in [2.05, 4.69) is 26.3 Å². The highest BCUT2D eigenvalue weighted by molar-refractivity contribution is 9.10. The highest BCUT2D eigenvalue weighted by Gasteiger charge is 2.22. The summed E-state index contributed by atoms with van der Waals surface area (Å²) in [5, 5.41) is 17.6. The number of rotatable bonds is 5. The first-order valence-corrected chi connectivity index (χ1v) is 7.06. The second kappa shape index (κ2) is 6.49. The zero-order valence-electron chi connectivity index (χ0n) is 11.2. The summed E-state index contributed by atoms with van der Waals surface area (Å²) in [5.41, 5.74) is 0.0412. The Balaban J connectivity index is 2.22. The molecule has 1 aromatic heterocycles. The van der Waals surface area contributed by atoms with E-state index in [0.717, 1.165) is 4.47 Å². The van der Waals surface area contributed by atoms with Gasteiger partial charge in [-0.2, -0.15) is 5.10 Å². The van der Waals surface area contributed by atoms with Gasteiger partial charge in [0.15, 0.2) is 0 Å². The van der Waals surface area contributed by atoms with Crippen LogP contribution in [0.25, 0.3) is 0 Å². The number of para-hydroxylation sites is 2. The van der Waals surface area contributed by atoms with Crippen molar-refractivity contribution in [1.82, 2.24) is 9.78 Å². The Kier molecular flexibility index (Phi) is 4.69. The molecule has 2 aromatic rings. The van der Waals surface area contributed by atoms with Crippen LogP contribution in [-0.4, -0.2) is 20.6 Å². The van der Waals surface area contributed by atoms with Gasteiger partial charge in [-0.05, 0) is 28.4 Å². The maximum Gasteiger partial charge on any atom is 0.292 e. The van der Waals surface area contributed by atoms with E-state index < -0.39 is 11.0 Å². The molecule has 21 heavy (non-hydrogen) atoms. The van der Waals surface area contributed by atoms with Gasteiger partial charge in [-0.25, -0.2) is 0 Å². The van der Waals surface area contributed by atoms with Crippen LogP contribution in [0.2, 0.25) is 0 Å². The zero-order valence-corrected chi connectivity index (χ0v) is 12.8. The third-order valence-corrected chi connectivity index (χ3v) is 3.35. The molecule has 7 nitrogen and oxygen atoms in total. The van der Waals surface area contributed by atoms with Crippen LogP contribution in [-0.2, 0) is 4.79 Å². The van der Waals surface area contributed by atoms with Crippen LogP contribution in [0.3, 0.4) is 0 Å². The van der Waals surface area contributed by atoms with Crippen LogP contribution >= 0.6 is 15.9 Å². The van der Waals surface area contributed by atoms with Crippen LogP contribution in [0.4, 0.5) is 11.4 Å². The molecule has 1 unspecified atom stereocenters. The van der Waals surface area contributed by atoms with Gasteiger partial charge in [-0.3, -0.25) is 19.6 Å². The van der Waals surface area contributed by atoms with E-state index in [9.17, 15) is 14.9 Å². The fourth-order valence-corrected chi connectivity index (χ4v) is 2.23. The Labute approximate surface area is 129 Å². The number of carbonyl (C=O) groups is 1. The van der Waals surface area contributed by atoms with Crippen molar-refractivity contribution < 1.29 is 9.72 Å². The zero-order chi connectivity index (χ0) is 15.4. The largest absolute Gasteiger partial charge is 0.318 e. The summed E-state index contributed by atoms with van der Waals surface area (Å²) in [6.45, 7) is 1.85. The minimum Gasteiger partial charge on any atom is -0.318 e. The van der Waals surface area contributed by atoms with E-state index in [-0.39, 0.29) is 17.3 Å². The maximum atomic E-state index is 12.3. The van der Waals surface area contributed by atoms with Crippen molar-refractivity contribution in [2.45, 2.75) is 19.4 Å². The third-order valence-electron chi connectivity index (χ3n) is 2.94. The van der Waals surface area contributed by atoms with E-state index in [0.29, 0.717) is 6.42 Å². The average Bonchev–Trinajstić information content (AvgIpc) is 2.86. The number of aromatic nitrogens is 2. The van der Waals surface area contributed by atoms with Gasteiger partial charge in [-0.15, -0.1) is 0 Å². The number of nitrogens with zero attached hydrogens (tertiary/aromatic N) is 3. The summed E-state index contributed by atoms with van der Waals surface area (Å²) in [5.74, 6) is -0.345. The molecule has 1 aromatic carbocycles. The Morgan fingerprint density at radius 1 is 1.52 bits per heavy atom. The third kappa shape index (κ3) is 3.46. The van der Waals surface area contributed by atoms with E-state index in [1.165, 1.54) is 16.8 Å². The summed E-state index contributed by atoms with van der Waals surface area (Å²) in [6.07, 6.45) is 3.79. The monoisotopic (exact) mass is 352 g/mol. The summed E-state index contributed by atoms with van der Waals surface area (Å²) in [7, 11) is 0. The topological polar surface area (TPSA) is 90.1 Å². The molecular weight excluding hydrogens is 340 g/mol. The molecule has 1 atom stereocenters. The Bertz CT molecular complexity index is 671. The minimum absolute atomic E-state index is 0.137. The number of hydrogen-bond donors (Lipinski definition) is 1. The van der Waals surface area contributed by atoms with Crippen LogP contribution in [0, 0.1) is 10.1 Å². The number of nitrogens with one attached hydrogen (secondary N) is 1. The molecule has 1 heterocycles. The molecule has 1 amide bonds. The second-order valence-corrected chi connectivity index (χ2v) is 5.24. The van der Waals surface area contributed by atoms with Crippen molar-refractivity contribution in [2.75, 3.05) is 5.32 Å². The number of nitro groups is 1. The first kappa shape index (κ1) is 15.2. The normalized spacial score (nSPS) is 11.9. The van der Waals surface area contributed by atoms with Gasteiger partial charge in [0.2, 0.25) is 5.91 Å². The molecule has 0 aliphatic rings. The lowest BCUT2D eigenvalue weighted by molar-refractivity contribution is -0.383. The Morgan fingerprint density at radius 2 is 2.24 bits per heavy atom. The van der Waals surface area contributed by atoms with Gasteiger partial charge in [0, 0.05) is 12.3 Å². The van der Waals surface area contributed by atoms with E-state index in [1.807, 2.05) is 6.92 Å². The number of nitro benzene ring substituents is 1. The molecule has 0 radical (unpaired) electrons. The first-order valence-electron chi connectivity index (χ1n) is 6.27. The highest BCUT2D eigenvalue weighted by Crippen LogP contribution is 2.25. The molecular formula is C13H13BrN4O3. The van der Waals surface area contributed by atoms with Crippen LogP contribution < -0.4 is 5.32 Å². The quantitative estimate of drug-likeness (QED) is 0.660. The second-order valence-electron chi connectivity index (χ2n) is 4.33. The molecule has 0 saturated carbocycles. The van der Waals surface area contributed by atoms with Crippen LogP contribution in [0.1, 0.15) is 19.4 Å². The molecule has 110 valence electrons. The minimum atomic E-state index is -0.531. The van der Waals surface area contributed by atoms with Crippen LogP contribution in [0.5, 0.6) is 0 Å². The fraction of sp³-hybridized carbons (Fsp3) is 0.231. The first-order chi connectivity index (χ1) is 10.0. The van der Waals surface area contributed by atoms with Crippen molar-refractivity contribution >= 4 is 33.2 Å². The van der Waals surface area contributed by atoms with E-state index in [1.54, 1.807) is 24.5 Å². The molecule has 0 saturated heterocycles. The number of hydrogen-bond acceptors (Lipinski definition) is 4. The molecule has 0 fully saturated rings. The van der Waals surface area contributed by atoms with Gasteiger partial charge >= 0.3 is 0 Å². The number of halogens is 1. The standard InChI is InChI=1S/C13H13BrN4O3/c1-2-11(17-8-9(14)7-15-17)13(19)16-10-5-3-4-6-12(10)18(20)21/h3-8,11H,2H2,1H3,(H,16,19). The van der Waals surface area contributed by atoms with Gasteiger partial charge < -0.3 is 5.32 Å². The smallest absolute Gasteiger partial charge is 0.292 e.